The normalized spacial score (nSPS) is 14.2. The highest BCUT2D eigenvalue weighted by Crippen LogP contribution is 2.39. The van der Waals surface area contributed by atoms with Crippen molar-refractivity contribution in [3.63, 3.8) is 0 Å². The third-order valence-corrected chi connectivity index (χ3v) is 2.77. The molecule has 0 aromatic carbocycles. The second-order valence-corrected chi connectivity index (χ2v) is 4.22. The number of nitriles is 1. The summed E-state index contributed by atoms with van der Waals surface area (Å²) in [7, 11) is 1.91. The first-order valence-electron chi connectivity index (χ1n) is 5.68. The first-order chi connectivity index (χ1) is 8.24. The summed E-state index contributed by atoms with van der Waals surface area (Å²) in [5.41, 5.74) is 2.56. The number of hydrogen-bond acceptors (Lipinski definition) is 6. The van der Waals surface area contributed by atoms with Crippen LogP contribution in [0, 0.1) is 11.3 Å². The van der Waals surface area contributed by atoms with E-state index in [-0.39, 0.29) is 0 Å². The molecule has 0 unspecified atom stereocenters. The first kappa shape index (κ1) is 11.6. The van der Waals surface area contributed by atoms with Crippen molar-refractivity contribution >= 4 is 11.6 Å². The molecule has 1 aliphatic carbocycles. The van der Waals surface area contributed by atoms with E-state index in [4.69, 9.17) is 11.1 Å². The molecule has 0 saturated heterocycles. The van der Waals surface area contributed by atoms with Gasteiger partial charge in [0.2, 0.25) is 0 Å². The number of hydrazine groups is 1. The number of hydrogen-bond donors (Lipinski definition) is 2. The van der Waals surface area contributed by atoms with Gasteiger partial charge in [-0.3, -0.25) is 0 Å². The van der Waals surface area contributed by atoms with Gasteiger partial charge in [-0.05, 0) is 12.8 Å². The quantitative estimate of drug-likeness (QED) is 0.581. The summed E-state index contributed by atoms with van der Waals surface area (Å²) in [6.45, 7) is 0.654. The second-order valence-electron chi connectivity index (χ2n) is 4.22. The van der Waals surface area contributed by atoms with Crippen LogP contribution < -0.4 is 16.2 Å². The standard InChI is InChI=1S/C11H16N6/c1-17(6-2-5-12)10-7-9(16-13)14-11(15-10)8-3-4-8/h7-8H,2-4,6,13H2,1H3,(H,14,15,16). The lowest BCUT2D eigenvalue weighted by atomic mass is 10.3. The monoisotopic (exact) mass is 232 g/mol. The van der Waals surface area contributed by atoms with E-state index in [0.717, 1.165) is 24.5 Å². The predicted octanol–water partition coefficient (Wildman–Crippen LogP) is 0.989. The number of anilines is 2. The predicted molar refractivity (Wildman–Crippen MR) is 65.3 cm³/mol. The number of nitrogens with zero attached hydrogens (tertiary/aromatic N) is 4. The summed E-state index contributed by atoms with van der Waals surface area (Å²) in [5.74, 6) is 8.16. The van der Waals surface area contributed by atoms with Gasteiger partial charge in [-0.25, -0.2) is 15.8 Å². The second kappa shape index (κ2) is 4.97. The minimum absolute atomic E-state index is 0.477. The van der Waals surface area contributed by atoms with E-state index in [2.05, 4.69) is 21.5 Å². The zero-order valence-electron chi connectivity index (χ0n) is 9.85. The molecule has 0 radical (unpaired) electrons. The summed E-state index contributed by atoms with van der Waals surface area (Å²) < 4.78 is 0. The van der Waals surface area contributed by atoms with Crippen LogP contribution in [0.1, 0.15) is 31.0 Å². The zero-order chi connectivity index (χ0) is 12.3. The Morgan fingerprint density at radius 3 is 2.94 bits per heavy atom. The van der Waals surface area contributed by atoms with Gasteiger partial charge < -0.3 is 10.3 Å². The number of nitrogen functional groups attached to an aromatic ring is 1. The van der Waals surface area contributed by atoms with E-state index in [9.17, 15) is 0 Å². The molecule has 0 spiro atoms. The number of aromatic nitrogens is 2. The van der Waals surface area contributed by atoms with Crippen molar-refractivity contribution < 1.29 is 0 Å². The average Bonchev–Trinajstić information content (AvgIpc) is 3.19. The van der Waals surface area contributed by atoms with E-state index in [0.29, 0.717) is 24.7 Å². The van der Waals surface area contributed by atoms with Crippen LogP contribution in [0.5, 0.6) is 0 Å². The van der Waals surface area contributed by atoms with Crippen molar-refractivity contribution in [2.24, 2.45) is 5.84 Å². The SMILES string of the molecule is CN(CCC#N)c1cc(NN)nc(C2CC2)n1. The van der Waals surface area contributed by atoms with Gasteiger partial charge in [-0.2, -0.15) is 5.26 Å². The molecule has 0 atom stereocenters. The Labute approximate surface area is 100 Å². The molecule has 90 valence electrons. The topological polar surface area (TPSA) is 90.9 Å². The van der Waals surface area contributed by atoms with Crippen LogP contribution in [0.3, 0.4) is 0 Å². The van der Waals surface area contributed by atoms with Crippen LogP contribution in [-0.2, 0) is 0 Å². The Morgan fingerprint density at radius 2 is 2.35 bits per heavy atom. The average molecular weight is 232 g/mol. The summed E-state index contributed by atoms with van der Waals surface area (Å²) in [6, 6.07) is 3.92. The smallest absolute Gasteiger partial charge is 0.145 e. The van der Waals surface area contributed by atoms with E-state index in [1.54, 1.807) is 6.07 Å². The Hall–Kier alpha value is -1.87. The Kier molecular flexibility index (Phi) is 3.40. The molecule has 0 amide bonds. The van der Waals surface area contributed by atoms with E-state index in [1.807, 2.05) is 11.9 Å². The molecule has 0 bridgehead atoms. The molecule has 1 aromatic rings. The highest BCUT2D eigenvalue weighted by Gasteiger charge is 2.27. The van der Waals surface area contributed by atoms with Crippen molar-refractivity contribution in [3.05, 3.63) is 11.9 Å². The van der Waals surface area contributed by atoms with Crippen LogP contribution in [0.25, 0.3) is 0 Å². The molecular formula is C11H16N6. The maximum Gasteiger partial charge on any atom is 0.145 e. The molecule has 1 aromatic heterocycles. The molecule has 17 heavy (non-hydrogen) atoms. The van der Waals surface area contributed by atoms with E-state index >= 15 is 0 Å². The molecule has 1 saturated carbocycles. The van der Waals surface area contributed by atoms with Crippen molar-refractivity contribution in [3.8, 4) is 6.07 Å². The molecule has 6 heteroatoms. The van der Waals surface area contributed by atoms with Gasteiger partial charge in [-0.15, -0.1) is 0 Å². The minimum Gasteiger partial charge on any atom is -0.358 e. The van der Waals surface area contributed by atoms with Gasteiger partial charge in [0.1, 0.15) is 17.5 Å². The summed E-state index contributed by atoms with van der Waals surface area (Å²) in [4.78, 5) is 10.8. The molecule has 0 aliphatic heterocycles. The van der Waals surface area contributed by atoms with Gasteiger partial charge in [0.25, 0.3) is 0 Å². The minimum atomic E-state index is 0.477. The lowest BCUT2D eigenvalue weighted by Gasteiger charge is -2.18. The van der Waals surface area contributed by atoms with E-state index < -0.39 is 0 Å². The number of nitrogens with two attached hydrogens (primary N) is 1. The van der Waals surface area contributed by atoms with Crippen LogP contribution >= 0.6 is 0 Å². The Morgan fingerprint density at radius 1 is 1.59 bits per heavy atom. The fraction of sp³-hybridized carbons (Fsp3) is 0.545. The van der Waals surface area contributed by atoms with Gasteiger partial charge in [0.15, 0.2) is 0 Å². The van der Waals surface area contributed by atoms with Gasteiger partial charge in [0, 0.05) is 25.6 Å². The summed E-state index contributed by atoms with van der Waals surface area (Å²) >= 11 is 0. The highest BCUT2D eigenvalue weighted by atomic mass is 15.3. The largest absolute Gasteiger partial charge is 0.358 e. The van der Waals surface area contributed by atoms with Crippen molar-refractivity contribution in [2.75, 3.05) is 23.9 Å². The highest BCUT2D eigenvalue weighted by molar-refractivity contribution is 5.49. The van der Waals surface area contributed by atoms with Gasteiger partial charge >= 0.3 is 0 Å². The molecular weight excluding hydrogens is 216 g/mol. The van der Waals surface area contributed by atoms with Crippen LogP contribution in [0.15, 0.2) is 6.07 Å². The first-order valence-corrected chi connectivity index (χ1v) is 5.68. The van der Waals surface area contributed by atoms with Crippen LogP contribution in [0.2, 0.25) is 0 Å². The van der Waals surface area contributed by atoms with Crippen molar-refractivity contribution in [1.29, 1.82) is 5.26 Å². The number of nitrogens with one attached hydrogen (secondary N) is 1. The fourth-order valence-corrected chi connectivity index (χ4v) is 1.58. The fourth-order valence-electron chi connectivity index (χ4n) is 1.58. The molecule has 1 fully saturated rings. The lowest BCUT2D eigenvalue weighted by Crippen LogP contribution is -2.21. The molecule has 3 N–H and O–H groups in total. The molecule has 2 rings (SSSR count). The molecule has 1 aliphatic rings. The van der Waals surface area contributed by atoms with Crippen LogP contribution in [-0.4, -0.2) is 23.6 Å². The Balaban J connectivity index is 2.20. The van der Waals surface area contributed by atoms with Gasteiger partial charge in [0.05, 0.1) is 12.5 Å². The van der Waals surface area contributed by atoms with Crippen molar-refractivity contribution in [1.82, 2.24) is 9.97 Å². The number of rotatable bonds is 5. The zero-order valence-corrected chi connectivity index (χ0v) is 9.85. The summed E-state index contributed by atoms with van der Waals surface area (Å²) in [6.07, 6.45) is 2.77. The van der Waals surface area contributed by atoms with Crippen molar-refractivity contribution in [2.45, 2.75) is 25.2 Å². The maximum atomic E-state index is 8.57. The lowest BCUT2D eigenvalue weighted by molar-refractivity contribution is 0.849. The molecule has 1 heterocycles. The van der Waals surface area contributed by atoms with Gasteiger partial charge in [-0.1, -0.05) is 0 Å². The third-order valence-electron chi connectivity index (χ3n) is 2.77. The summed E-state index contributed by atoms with van der Waals surface area (Å²) in [5, 5.41) is 8.57. The van der Waals surface area contributed by atoms with E-state index in [1.165, 1.54) is 0 Å². The maximum absolute atomic E-state index is 8.57. The van der Waals surface area contributed by atoms with Crippen LogP contribution in [0.4, 0.5) is 11.6 Å². The Bertz CT molecular complexity index is 434. The molecule has 6 nitrogen and oxygen atoms in total. The third kappa shape index (κ3) is 2.82.